The number of hydrogen-bond donors (Lipinski definition) is 2. The van der Waals surface area contributed by atoms with E-state index in [-0.39, 0.29) is 12.5 Å². The quantitative estimate of drug-likeness (QED) is 0.876. The van der Waals surface area contributed by atoms with Crippen LogP contribution in [0.5, 0.6) is 0 Å². The normalized spacial score (nSPS) is 22.3. The molecule has 2 rings (SSSR count). The highest BCUT2D eigenvalue weighted by molar-refractivity contribution is 8.00. The van der Waals surface area contributed by atoms with E-state index in [1.165, 1.54) is 25.7 Å². The molecule has 1 aliphatic rings. The van der Waals surface area contributed by atoms with Crippen molar-refractivity contribution in [3.63, 3.8) is 0 Å². The lowest BCUT2D eigenvalue weighted by Gasteiger charge is -2.30. The second-order valence-electron chi connectivity index (χ2n) is 5.03. The van der Waals surface area contributed by atoms with Gasteiger partial charge in [-0.3, -0.25) is 4.79 Å². The van der Waals surface area contributed by atoms with Gasteiger partial charge in [0.25, 0.3) is 0 Å². The molecule has 1 aromatic carbocycles. The molecule has 0 bridgehead atoms. The molecule has 0 spiro atoms. The summed E-state index contributed by atoms with van der Waals surface area (Å²) in [6.07, 6.45) is 2.50. The van der Waals surface area contributed by atoms with Crippen LogP contribution in [0.15, 0.2) is 24.3 Å². The summed E-state index contributed by atoms with van der Waals surface area (Å²) in [4.78, 5) is 11.4. The number of nitrogens with one attached hydrogen (secondary N) is 2. The summed E-state index contributed by atoms with van der Waals surface area (Å²) in [5.74, 6) is 1.13. The highest BCUT2D eigenvalue weighted by Gasteiger charge is 2.21. The van der Waals surface area contributed by atoms with Crippen LogP contribution in [0.4, 0.5) is 11.4 Å². The van der Waals surface area contributed by atoms with Gasteiger partial charge in [0.15, 0.2) is 0 Å². The van der Waals surface area contributed by atoms with Gasteiger partial charge in [0.1, 0.15) is 6.61 Å². The summed E-state index contributed by atoms with van der Waals surface area (Å²) in [7, 11) is 1.51. The van der Waals surface area contributed by atoms with E-state index in [4.69, 9.17) is 4.74 Å². The Balaban J connectivity index is 1.89. The summed E-state index contributed by atoms with van der Waals surface area (Å²) in [5.41, 5.74) is 1.90. The number of ether oxygens (including phenoxy) is 1. The number of rotatable bonds is 5. The van der Waals surface area contributed by atoms with Gasteiger partial charge in [0.2, 0.25) is 5.91 Å². The molecule has 1 amide bonds. The molecule has 1 fully saturated rings. The van der Waals surface area contributed by atoms with Gasteiger partial charge < -0.3 is 15.4 Å². The van der Waals surface area contributed by atoms with Crippen molar-refractivity contribution in [3.8, 4) is 0 Å². The molecular formula is C15H22N2O2S. The number of carbonyl (C=O) groups excluding carboxylic acids is 1. The van der Waals surface area contributed by atoms with Gasteiger partial charge in [0.05, 0.1) is 0 Å². The zero-order chi connectivity index (χ0) is 14.4. The van der Waals surface area contributed by atoms with Crippen molar-refractivity contribution in [2.24, 2.45) is 0 Å². The number of carbonyl (C=O) groups is 1. The van der Waals surface area contributed by atoms with Gasteiger partial charge in [-0.25, -0.2) is 0 Å². The Bertz CT molecular complexity index is 436. The van der Waals surface area contributed by atoms with E-state index in [1.807, 2.05) is 36.0 Å². The molecule has 1 heterocycles. The Hall–Kier alpha value is -1.20. The molecule has 20 heavy (non-hydrogen) atoms. The summed E-state index contributed by atoms with van der Waals surface area (Å²) in [6, 6.07) is 8.37. The Kier molecular flexibility index (Phi) is 5.73. The smallest absolute Gasteiger partial charge is 0.250 e. The zero-order valence-electron chi connectivity index (χ0n) is 12.0. The number of anilines is 2. The number of thioether (sulfide) groups is 1. The first-order valence-corrected chi connectivity index (χ1v) is 8.01. The fraction of sp³-hybridized carbons (Fsp3) is 0.533. The Labute approximate surface area is 124 Å². The minimum absolute atomic E-state index is 0.0802. The van der Waals surface area contributed by atoms with E-state index in [1.54, 1.807) is 0 Å². The molecule has 0 aromatic heterocycles. The summed E-state index contributed by atoms with van der Waals surface area (Å²) >= 11 is 2.03. The third-order valence-corrected chi connectivity index (χ3v) is 4.78. The molecule has 0 saturated carbocycles. The SMILES string of the molecule is COCC(=O)Nc1ccc(NC2CCCSC2C)cc1. The lowest BCUT2D eigenvalue weighted by Crippen LogP contribution is -2.32. The van der Waals surface area contributed by atoms with Crippen molar-refractivity contribution in [2.45, 2.75) is 31.1 Å². The predicted octanol–water partition coefficient (Wildman–Crippen LogP) is 2.97. The van der Waals surface area contributed by atoms with E-state index in [0.29, 0.717) is 11.3 Å². The second kappa shape index (κ2) is 7.55. The molecule has 1 saturated heterocycles. The van der Waals surface area contributed by atoms with Crippen LogP contribution in [-0.2, 0) is 9.53 Å². The third-order valence-electron chi connectivity index (χ3n) is 3.40. The lowest BCUT2D eigenvalue weighted by molar-refractivity contribution is -0.119. The van der Waals surface area contributed by atoms with Crippen molar-refractivity contribution in [1.29, 1.82) is 0 Å². The molecule has 5 heteroatoms. The summed E-state index contributed by atoms with van der Waals surface area (Å²) < 4.78 is 4.79. The van der Waals surface area contributed by atoms with E-state index in [2.05, 4.69) is 17.6 Å². The maximum Gasteiger partial charge on any atom is 0.250 e. The van der Waals surface area contributed by atoms with Crippen LogP contribution in [-0.4, -0.2) is 36.7 Å². The Morgan fingerprint density at radius 3 is 2.70 bits per heavy atom. The molecule has 1 aliphatic heterocycles. The minimum Gasteiger partial charge on any atom is -0.381 e. The van der Waals surface area contributed by atoms with Gasteiger partial charge in [-0.15, -0.1) is 0 Å². The highest BCUT2D eigenvalue weighted by atomic mass is 32.2. The van der Waals surface area contributed by atoms with Gasteiger partial charge in [-0.2, -0.15) is 11.8 Å². The molecule has 0 radical (unpaired) electrons. The molecular weight excluding hydrogens is 272 g/mol. The van der Waals surface area contributed by atoms with Crippen LogP contribution < -0.4 is 10.6 Å². The van der Waals surface area contributed by atoms with Gasteiger partial charge >= 0.3 is 0 Å². The molecule has 2 atom stereocenters. The molecule has 0 aliphatic carbocycles. The van der Waals surface area contributed by atoms with Crippen LogP contribution in [0.3, 0.4) is 0 Å². The van der Waals surface area contributed by atoms with Crippen LogP contribution >= 0.6 is 11.8 Å². The Morgan fingerprint density at radius 1 is 1.35 bits per heavy atom. The average Bonchev–Trinajstić information content (AvgIpc) is 2.44. The van der Waals surface area contributed by atoms with E-state index >= 15 is 0 Å². The zero-order valence-corrected chi connectivity index (χ0v) is 12.8. The van der Waals surface area contributed by atoms with Crippen molar-refractivity contribution >= 4 is 29.0 Å². The van der Waals surface area contributed by atoms with Gasteiger partial charge in [-0.1, -0.05) is 6.92 Å². The first-order valence-electron chi connectivity index (χ1n) is 6.96. The predicted molar refractivity (Wildman–Crippen MR) is 85.5 cm³/mol. The average molecular weight is 294 g/mol. The fourth-order valence-electron chi connectivity index (χ4n) is 2.30. The van der Waals surface area contributed by atoms with Gasteiger partial charge in [0, 0.05) is 29.8 Å². The minimum atomic E-state index is -0.134. The lowest BCUT2D eigenvalue weighted by atomic mass is 10.1. The van der Waals surface area contributed by atoms with Gasteiger partial charge in [-0.05, 0) is 42.9 Å². The van der Waals surface area contributed by atoms with E-state index < -0.39 is 0 Å². The van der Waals surface area contributed by atoms with Crippen LogP contribution in [0.1, 0.15) is 19.8 Å². The standard InChI is InChI=1S/C15H22N2O2S/c1-11-14(4-3-9-20-11)16-12-5-7-13(8-6-12)17-15(18)10-19-2/h5-8,11,14,16H,3-4,9-10H2,1-2H3,(H,17,18). The van der Waals surface area contributed by atoms with Crippen molar-refractivity contribution in [1.82, 2.24) is 0 Å². The van der Waals surface area contributed by atoms with Crippen molar-refractivity contribution in [3.05, 3.63) is 24.3 Å². The summed E-state index contributed by atoms with van der Waals surface area (Å²) in [6.45, 7) is 2.36. The molecule has 110 valence electrons. The summed E-state index contributed by atoms with van der Waals surface area (Å²) in [5, 5.41) is 7.01. The maximum atomic E-state index is 11.4. The van der Waals surface area contributed by atoms with Crippen LogP contribution in [0, 0.1) is 0 Å². The Morgan fingerprint density at radius 2 is 2.05 bits per heavy atom. The number of benzene rings is 1. The fourth-order valence-corrected chi connectivity index (χ4v) is 3.45. The number of amides is 1. The molecule has 2 N–H and O–H groups in total. The van der Waals surface area contributed by atoms with Crippen LogP contribution in [0.2, 0.25) is 0 Å². The molecule has 1 aromatic rings. The van der Waals surface area contributed by atoms with Crippen molar-refractivity contribution in [2.75, 3.05) is 30.1 Å². The number of methoxy groups -OCH3 is 1. The second-order valence-corrected chi connectivity index (χ2v) is 6.51. The third kappa shape index (κ3) is 4.42. The highest BCUT2D eigenvalue weighted by Crippen LogP contribution is 2.28. The van der Waals surface area contributed by atoms with E-state index in [0.717, 1.165) is 11.4 Å². The number of hydrogen-bond acceptors (Lipinski definition) is 4. The van der Waals surface area contributed by atoms with Crippen LogP contribution in [0.25, 0.3) is 0 Å². The van der Waals surface area contributed by atoms with Crippen molar-refractivity contribution < 1.29 is 9.53 Å². The largest absolute Gasteiger partial charge is 0.381 e. The topological polar surface area (TPSA) is 50.4 Å². The first kappa shape index (κ1) is 15.2. The molecule has 2 unspecified atom stereocenters. The van der Waals surface area contributed by atoms with E-state index in [9.17, 15) is 4.79 Å². The first-order chi connectivity index (χ1) is 9.69. The molecule has 4 nitrogen and oxygen atoms in total. The monoisotopic (exact) mass is 294 g/mol. The maximum absolute atomic E-state index is 11.4.